The minimum absolute atomic E-state index is 0.124. The van der Waals surface area contributed by atoms with Crippen molar-refractivity contribution in [2.24, 2.45) is 5.10 Å². The summed E-state index contributed by atoms with van der Waals surface area (Å²) in [5.74, 6) is 1.35. The first-order valence-corrected chi connectivity index (χ1v) is 7.60. The van der Waals surface area contributed by atoms with Gasteiger partial charge in [-0.2, -0.15) is 5.10 Å². The number of hydrogen-bond acceptors (Lipinski definition) is 5. The second-order valence-corrected chi connectivity index (χ2v) is 5.42. The maximum atomic E-state index is 12.1. The van der Waals surface area contributed by atoms with Crippen molar-refractivity contribution in [1.82, 2.24) is 5.43 Å². The SMILES string of the molecule is COc1ccc(Cl)cc1C=NNC(=O)C1COc2ccccc2O1. The number of para-hydroxylation sites is 2. The highest BCUT2D eigenvalue weighted by Gasteiger charge is 2.26. The number of nitrogens with zero attached hydrogens (tertiary/aromatic N) is 1. The summed E-state index contributed by atoms with van der Waals surface area (Å²) in [5.41, 5.74) is 3.08. The number of fused-ring (bicyclic) bond motifs is 1. The molecule has 2 aromatic carbocycles. The fourth-order valence-electron chi connectivity index (χ4n) is 2.19. The third-order valence-corrected chi connectivity index (χ3v) is 3.61. The predicted octanol–water partition coefficient (Wildman–Crippen LogP) is 2.64. The molecule has 1 heterocycles. The van der Waals surface area contributed by atoms with Gasteiger partial charge < -0.3 is 14.2 Å². The van der Waals surface area contributed by atoms with Crippen LogP contribution < -0.4 is 19.6 Å². The van der Waals surface area contributed by atoms with Crippen molar-refractivity contribution in [1.29, 1.82) is 0 Å². The van der Waals surface area contributed by atoms with Crippen molar-refractivity contribution in [3.05, 3.63) is 53.1 Å². The summed E-state index contributed by atoms with van der Waals surface area (Å²) in [7, 11) is 1.55. The predicted molar refractivity (Wildman–Crippen MR) is 90.1 cm³/mol. The van der Waals surface area contributed by atoms with E-state index in [-0.39, 0.29) is 6.61 Å². The summed E-state index contributed by atoms with van der Waals surface area (Å²) >= 11 is 5.94. The van der Waals surface area contributed by atoms with E-state index in [2.05, 4.69) is 10.5 Å². The molecule has 0 aromatic heterocycles. The molecule has 1 unspecified atom stereocenters. The van der Waals surface area contributed by atoms with Crippen LogP contribution in [-0.2, 0) is 4.79 Å². The van der Waals surface area contributed by atoms with Gasteiger partial charge in [0.25, 0.3) is 5.91 Å². The minimum Gasteiger partial charge on any atom is -0.496 e. The molecule has 7 heteroatoms. The van der Waals surface area contributed by atoms with E-state index in [1.165, 1.54) is 6.21 Å². The molecule has 3 rings (SSSR count). The smallest absolute Gasteiger partial charge is 0.284 e. The molecule has 2 aromatic rings. The van der Waals surface area contributed by atoms with Crippen molar-refractivity contribution in [2.45, 2.75) is 6.10 Å². The number of ether oxygens (including phenoxy) is 3. The number of halogens is 1. The van der Waals surface area contributed by atoms with Crippen LogP contribution in [0.25, 0.3) is 0 Å². The lowest BCUT2D eigenvalue weighted by molar-refractivity contribution is -0.130. The Morgan fingerprint density at radius 1 is 1.33 bits per heavy atom. The zero-order valence-electron chi connectivity index (χ0n) is 12.9. The molecular formula is C17H15ClN2O4. The third kappa shape index (κ3) is 3.60. The lowest BCUT2D eigenvalue weighted by Crippen LogP contribution is -2.42. The van der Waals surface area contributed by atoms with E-state index in [0.29, 0.717) is 27.8 Å². The fraction of sp³-hybridized carbons (Fsp3) is 0.176. The largest absolute Gasteiger partial charge is 0.496 e. The second-order valence-electron chi connectivity index (χ2n) is 4.98. The van der Waals surface area contributed by atoms with Crippen molar-refractivity contribution >= 4 is 23.7 Å². The summed E-state index contributed by atoms with van der Waals surface area (Å²) in [4.78, 5) is 12.1. The number of carbonyl (C=O) groups is 1. The maximum absolute atomic E-state index is 12.1. The van der Waals surface area contributed by atoms with Crippen molar-refractivity contribution in [3.63, 3.8) is 0 Å². The van der Waals surface area contributed by atoms with E-state index in [1.807, 2.05) is 12.1 Å². The van der Waals surface area contributed by atoms with Gasteiger partial charge in [-0.15, -0.1) is 0 Å². The first-order chi connectivity index (χ1) is 11.7. The molecule has 124 valence electrons. The van der Waals surface area contributed by atoms with Gasteiger partial charge in [-0.1, -0.05) is 23.7 Å². The lowest BCUT2D eigenvalue weighted by Gasteiger charge is -2.24. The van der Waals surface area contributed by atoms with Crippen molar-refractivity contribution in [3.8, 4) is 17.2 Å². The van der Waals surface area contributed by atoms with Crippen LogP contribution in [0.5, 0.6) is 17.2 Å². The Balaban J connectivity index is 1.63. The molecular weight excluding hydrogens is 332 g/mol. The minimum atomic E-state index is -0.765. The quantitative estimate of drug-likeness (QED) is 0.682. The molecule has 0 fully saturated rings. The molecule has 1 aliphatic rings. The molecule has 0 radical (unpaired) electrons. The zero-order valence-corrected chi connectivity index (χ0v) is 13.6. The first-order valence-electron chi connectivity index (χ1n) is 7.22. The Labute approximate surface area is 144 Å². The Kier molecular flexibility index (Phi) is 4.86. The Morgan fingerprint density at radius 2 is 2.12 bits per heavy atom. The highest BCUT2D eigenvalue weighted by Crippen LogP contribution is 2.30. The monoisotopic (exact) mass is 346 g/mol. The van der Waals surface area contributed by atoms with Crippen LogP contribution in [0.2, 0.25) is 5.02 Å². The summed E-state index contributed by atoms with van der Waals surface area (Å²) in [6, 6.07) is 12.3. The molecule has 1 aliphatic heterocycles. The van der Waals surface area contributed by atoms with Gasteiger partial charge in [0.1, 0.15) is 12.4 Å². The van der Waals surface area contributed by atoms with Crippen LogP contribution in [-0.4, -0.2) is 31.9 Å². The van der Waals surface area contributed by atoms with Crippen LogP contribution >= 0.6 is 11.6 Å². The van der Waals surface area contributed by atoms with Crippen LogP contribution in [0.15, 0.2) is 47.6 Å². The average molecular weight is 347 g/mol. The number of amides is 1. The number of methoxy groups -OCH3 is 1. The van der Waals surface area contributed by atoms with Crippen LogP contribution in [0.1, 0.15) is 5.56 Å². The first kappa shape index (κ1) is 16.1. The molecule has 6 nitrogen and oxygen atoms in total. The Morgan fingerprint density at radius 3 is 2.92 bits per heavy atom. The van der Waals surface area contributed by atoms with Gasteiger partial charge in [0, 0.05) is 10.6 Å². The number of benzene rings is 2. The topological polar surface area (TPSA) is 69.2 Å². The number of nitrogens with one attached hydrogen (secondary N) is 1. The highest BCUT2D eigenvalue weighted by molar-refractivity contribution is 6.30. The molecule has 0 aliphatic carbocycles. The summed E-state index contributed by atoms with van der Waals surface area (Å²) in [6.07, 6.45) is 0.693. The fourth-order valence-corrected chi connectivity index (χ4v) is 2.37. The van der Waals surface area contributed by atoms with E-state index in [9.17, 15) is 4.79 Å². The van der Waals surface area contributed by atoms with Gasteiger partial charge in [0.15, 0.2) is 11.5 Å². The van der Waals surface area contributed by atoms with Crippen molar-refractivity contribution < 1.29 is 19.0 Å². The van der Waals surface area contributed by atoms with Gasteiger partial charge in [-0.05, 0) is 30.3 Å². The summed E-state index contributed by atoms with van der Waals surface area (Å²) in [5, 5.41) is 4.47. The molecule has 1 N–H and O–H groups in total. The number of carbonyl (C=O) groups excluding carboxylic acids is 1. The normalized spacial score (nSPS) is 16.0. The summed E-state index contributed by atoms with van der Waals surface area (Å²) in [6.45, 7) is 0.124. The van der Waals surface area contributed by atoms with Gasteiger partial charge in [-0.3, -0.25) is 4.79 Å². The van der Waals surface area contributed by atoms with Gasteiger partial charge in [-0.25, -0.2) is 5.43 Å². The molecule has 24 heavy (non-hydrogen) atoms. The molecule has 0 bridgehead atoms. The van der Waals surface area contributed by atoms with E-state index in [4.69, 9.17) is 25.8 Å². The van der Waals surface area contributed by atoms with E-state index in [1.54, 1.807) is 37.4 Å². The highest BCUT2D eigenvalue weighted by atomic mass is 35.5. The van der Waals surface area contributed by atoms with Gasteiger partial charge in [0.05, 0.1) is 13.3 Å². The van der Waals surface area contributed by atoms with Gasteiger partial charge in [0.2, 0.25) is 6.10 Å². The standard InChI is InChI=1S/C17H15ClN2O4/c1-22-13-7-6-12(18)8-11(13)9-19-20-17(21)16-10-23-14-4-2-3-5-15(14)24-16/h2-9,16H,10H2,1H3,(H,20,21). The number of rotatable bonds is 4. The molecule has 0 saturated carbocycles. The van der Waals surface area contributed by atoms with Crippen LogP contribution in [0.3, 0.4) is 0 Å². The lowest BCUT2D eigenvalue weighted by atomic mass is 10.2. The summed E-state index contributed by atoms with van der Waals surface area (Å²) < 4.78 is 16.3. The Hall–Kier alpha value is -2.73. The Bertz CT molecular complexity index is 779. The molecule has 0 saturated heterocycles. The average Bonchev–Trinajstić information content (AvgIpc) is 2.61. The van der Waals surface area contributed by atoms with Crippen LogP contribution in [0.4, 0.5) is 0 Å². The molecule has 1 atom stereocenters. The van der Waals surface area contributed by atoms with Gasteiger partial charge >= 0.3 is 0 Å². The van der Waals surface area contributed by atoms with Crippen LogP contribution in [0, 0.1) is 0 Å². The maximum Gasteiger partial charge on any atom is 0.284 e. The second kappa shape index (κ2) is 7.23. The molecule has 0 spiro atoms. The number of hydrogen-bond donors (Lipinski definition) is 1. The van der Waals surface area contributed by atoms with E-state index in [0.717, 1.165) is 0 Å². The van der Waals surface area contributed by atoms with E-state index < -0.39 is 12.0 Å². The third-order valence-electron chi connectivity index (χ3n) is 3.37. The van der Waals surface area contributed by atoms with E-state index >= 15 is 0 Å². The molecule has 1 amide bonds. The van der Waals surface area contributed by atoms with Crippen molar-refractivity contribution in [2.75, 3.05) is 13.7 Å². The number of hydrazone groups is 1. The zero-order chi connectivity index (χ0) is 16.9.